The molecule has 0 bridgehead atoms. The van der Waals surface area contributed by atoms with E-state index in [9.17, 15) is 4.79 Å². The molecule has 2 aromatic rings. The van der Waals surface area contributed by atoms with Crippen molar-refractivity contribution in [2.45, 2.75) is 26.0 Å². The molecule has 0 unspecified atom stereocenters. The largest absolute Gasteiger partial charge is 0.494 e. The van der Waals surface area contributed by atoms with E-state index >= 15 is 0 Å². The molecule has 0 spiro atoms. The van der Waals surface area contributed by atoms with Crippen LogP contribution < -0.4 is 4.74 Å². The van der Waals surface area contributed by atoms with Crippen LogP contribution in [-0.2, 0) is 0 Å². The Labute approximate surface area is 136 Å². The molecule has 0 N–H and O–H groups in total. The van der Waals surface area contributed by atoms with E-state index in [2.05, 4.69) is 13.8 Å². The molecule has 0 heterocycles. The van der Waals surface area contributed by atoms with Gasteiger partial charge in [0.2, 0.25) is 0 Å². The number of benzene rings is 2. The average Bonchev–Trinajstić information content (AvgIpc) is 2.54. The van der Waals surface area contributed by atoms with Crippen molar-refractivity contribution >= 4 is 17.5 Å². The molecule has 0 aliphatic heterocycles. The minimum absolute atomic E-state index is 0.192. The number of ether oxygens (including phenoxy) is 1. The smallest absolute Gasteiger partial charge is 0.172 e. The molecule has 2 rings (SSSR count). The van der Waals surface area contributed by atoms with E-state index in [-0.39, 0.29) is 5.78 Å². The van der Waals surface area contributed by atoms with E-state index in [1.54, 1.807) is 11.8 Å². The van der Waals surface area contributed by atoms with Crippen molar-refractivity contribution in [3.8, 4) is 16.9 Å². The van der Waals surface area contributed by atoms with Gasteiger partial charge in [-0.2, -0.15) is 11.8 Å². The van der Waals surface area contributed by atoms with Crippen molar-refractivity contribution in [2.24, 2.45) is 0 Å². The molecule has 116 valence electrons. The van der Waals surface area contributed by atoms with Crippen LogP contribution in [0.2, 0.25) is 0 Å². The van der Waals surface area contributed by atoms with Gasteiger partial charge in [-0.25, -0.2) is 0 Å². The van der Waals surface area contributed by atoms with Crippen LogP contribution in [0.1, 0.15) is 31.1 Å². The van der Waals surface area contributed by atoms with Crippen LogP contribution >= 0.6 is 11.8 Å². The van der Waals surface area contributed by atoms with E-state index < -0.39 is 0 Å². The van der Waals surface area contributed by atoms with Crippen LogP contribution in [0.25, 0.3) is 11.1 Å². The highest BCUT2D eigenvalue weighted by molar-refractivity contribution is 8.00. The lowest BCUT2D eigenvalue weighted by molar-refractivity contribution is 0.102. The summed E-state index contributed by atoms with van der Waals surface area (Å²) in [5.41, 5.74) is 3.01. The van der Waals surface area contributed by atoms with Crippen molar-refractivity contribution in [2.75, 3.05) is 12.4 Å². The fourth-order valence-electron chi connectivity index (χ4n) is 2.08. The molecule has 0 aliphatic rings. The molecule has 0 saturated heterocycles. The summed E-state index contributed by atoms with van der Waals surface area (Å²) in [4.78, 5) is 12.1. The number of rotatable bonds is 7. The third-order valence-corrected chi connectivity index (χ3v) is 4.35. The van der Waals surface area contributed by atoms with Gasteiger partial charge in [0, 0.05) is 5.56 Å². The number of carbonyl (C=O) groups excluding carboxylic acids is 1. The minimum Gasteiger partial charge on any atom is -0.494 e. The molecule has 2 aromatic carbocycles. The maximum absolute atomic E-state index is 12.1. The lowest BCUT2D eigenvalue weighted by atomic mass is 10.0. The first kappa shape index (κ1) is 16.6. The van der Waals surface area contributed by atoms with E-state index in [1.807, 2.05) is 55.5 Å². The first-order valence-electron chi connectivity index (χ1n) is 7.58. The van der Waals surface area contributed by atoms with Gasteiger partial charge in [-0.05, 0) is 35.4 Å². The van der Waals surface area contributed by atoms with Crippen molar-refractivity contribution in [3.05, 3.63) is 54.1 Å². The summed E-state index contributed by atoms with van der Waals surface area (Å²) < 4.78 is 5.45. The monoisotopic (exact) mass is 314 g/mol. The number of hydrogen-bond donors (Lipinski definition) is 0. The lowest BCUT2D eigenvalue weighted by Crippen LogP contribution is -2.04. The number of hydrogen-bond acceptors (Lipinski definition) is 3. The van der Waals surface area contributed by atoms with Crippen LogP contribution in [0, 0.1) is 0 Å². The van der Waals surface area contributed by atoms with Crippen molar-refractivity contribution in [3.63, 3.8) is 0 Å². The van der Waals surface area contributed by atoms with Gasteiger partial charge < -0.3 is 4.74 Å². The Balaban J connectivity index is 2.06. The third-order valence-electron chi connectivity index (χ3n) is 3.25. The predicted octanol–water partition coefficient (Wildman–Crippen LogP) is 5.08. The molecule has 22 heavy (non-hydrogen) atoms. The van der Waals surface area contributed by atoms with Crippen molar-refractivity contribution in [1.29, 1.82) is 0 Å². The Hall–Kier alpha value is -1.74. The standard InChI is InChI=1S/C19H22O2S/c1-4-21-18-11-9-16(10-12-18)15-5-7-17(8-6-15)19(20)13-22-14(2)3/h5-12,14H,4,13H2,1-3H3. The summed E-state index contributed by atoms with van der Waals surface area (Å²) in [6.45, 7) is 6.85. The van der Waals surface area contributed by atoms with E-state index in [4.69, 9.17) is 4.74 Å². The van der Waals surface area contributed by atoms with Crippen molar-refractivity contribution < 1.29 is 9.53 Å². The SMILES string of the molecule is CCOc1ccc(-c2ccc(C(=O)CSC(C)C)cc2)cc1. The summed E-state index contributed by atoms with van der Waals surface area (Å²) >= 11 is 1.68. The fraction of sp³-hybridized carbons (Fsp3) is 0.316. The molecule has 2 nitrogen and oxygen atoms in total. The van der Waals surface area contributed by atoms with Gasteiger partial charge >= 0.3 is 0 Å². The maximum atomic E-state index is 12.1. The Morgan fingerprint density at radius 2 is 1.55 bits per heavy atom. The van der Waals surface area contributed by atoms with Gasteiger partial charge in [-0.1, -0.05) is 50.2 Å². The third kappa shape index (κ3) is 4.63. The Morgan fingerprint density at radius 1 is 1.00 bits per heavy atom. The predicted molar refractivity (Wildman–Crippen MR) is 95.0 cm³/mol. The van der Waals surface area contributed by atoms with Gasteiger partial charge in [0.05, 0.1) is 12.4 Å². The summed E-state index contributed by atoms with van der Waals surface area (Å²) in [5, 5.41) is 0.479. The first-order valence-corrected chi connectivity index (χ1v) is 8.63. The highest BCUT2D eigenvalue weighted by atomic mass is 32.2. The summed E-state index contributed by atoms with van der Waals surface area (Å²) in [6, 6.07) is 15.8. The lowest BCUT2D eigenvalue weighted by Gasteiger charge is -2.07. The van der Waals surface area contributed by atoms with Crippen molar-refractivity contribution in [1.82, 2.24) is 0 Å². The number of carbonyl (C=O) groups is 1. The van der Waals surface area contributed by atoms with Gasteiger partial charge in [0.25, 0.3) is 0 Å². The molecule has 0 amide bonds. The maximum Gasteiger partial charge on any atom is 0.172 e. The second-order valence-electron chi connectivity index (χ2n) is 5.32. The molecule has 0 fully saturated rings. The summed E-state index contributed by atoms with van der Waals surface area (Å²) in [5.74, 6) is 1.61. The Kier molecular flexibility index (Phi) is 6.08. The van der Waals surface area contributed by atoms with Crippen LogP contribution in [0.4, 0.5) is 0 Å². The van der Waals surface area contributed by atoms with Crippen LogP contribution in [0.5, 0.6) is 5.75 Å². The van der Waals surface area contributed by atoms with Gasteiger partial charge in [0.1, 0.15) is 5.75 Å². The topological polar surface area (TPSA) is 26.3 Å². The molecule has 0 aromatic heterocycles. The Bertz CT molecular complexity index is 600. The first-order chi connectivity index (χ1) is 10.6. The molecule has 0 radical (unpaired) electrons. The molecular formula is C19H22O2S. The van der Waals surface area contributed by atoms with Crippen LogP contribution in [0.3, 0.4) is 0 Å². The van der Waals surface area contributed by atoms with Gasteiger partial charge in [-0.3, -0.25) is 4.79 Å². The zero-order valence-corrected chi connectivity index (χ0v) is 14.2. The van der Waals surface area contributed by atoms with Gasteiger partial charge in [-0.15, -0.1) is 0 Å². The summed E-state index contributed by atoms with van der Waals surface area (Å²) in [6.07, 6.45) is 0. The highest BCUT2D eigenvalue weighted by Gasteiger charge is 2.07. The zero-order valence-electron chi connectivity index (χ0n) is 13.3. The molecular weight excluding hydrogens is 292 g/mol. The molecule has 0 aliphatic carbocycles. The van der Waals surface area contributed by atoms with E-state index in [0.29, 0.717) is 17.6 Å². The minimum atomic E-state index is 0.192. The number of thioether (sulfide) groups is 1. The quantitative estimate of drug-likeness (QED) is 0.667. The normalized spacial score (nSPS) is 10.7. The second kappa shape index (κ2) is 8.04. The Morgan fingerprint density at radius 3 is 2.05 bits per heavy atom. The molecule has 0 atom stereocenters. The fourth-order valence-corrected chi connectivity index (χ4v) is 2.74. The van der Waals surface area contributed by atoms with Crippen LogP contribution in [0.15, 0.2) is 48.5 Å². The molecule has 3 heteroatoms. The number of ketones is 1. The average molecular weight is 314 g/mol. The zero-order chi connectivity index (χ0) is 15.9. The number of Topliss-reactive ketones (excluding diaryl/α,β-unsaturated/α-hetero) is 1. The highest BCUT2D eigenvalue weighted by Crippen LogP contribution is 2.23. The van der Waals surface area contributed by atoms with Crippen LogP contribution in [-0.4, -0.2) is 23.4 Å². The summed E-state index contributed by atoms with van der Waals surface area (Å²) in [7, 11) is 0. The molecule has 0 saturated carbocycles. The van der Waals surface area contributed by atoms with Gasteiger partial charge in [0.15, 0.2) is 5.78 Å². The second-order valence-corrected chi connectivity index (χ2v) is 6.88. The van der Waals surface area contributed by atoms with E-state index in [0.717, 1.165) is 22.4 Å². The van der Waals surface area contributed by atoms with E-state index in [1.165, 1.54) is 0 Å².